The lowest BCUT2D eigenvalue weighted by Crippen LogP contribution is -2.39. The predicted octanol–water partition coefficient (Wildman–Crippen LogP) is 0.178. The number of benzene rings is 1. The van der Waals surface area contributed by atoms with Crippen molar-refractivity contribution in [3.8, 4) is 11.3 Å². The number of carboxylic acid groups (broad SMARTS) is 2. The summed E-state index contributed by atoms with van der Waals surface area (Å²) in [6, 6.07) is 11.7. The summed E-state index contributed by atoms with van der Waals surface area (Å²) in [6.45, 7) is 0.873. The molecule has 0 fully saturated rings. The van der Waals surface area contributed by atoms with Gasteiger partial charge in [0.2, 0.25) is 5.91 Å². The van der Waals surface area contributed by atoms with Gasteiger partial charge in [-0.25, -0.2) is 9.59 Å². The Morgan fingerprint density at radius 2 is 1.65 bits per heavy atom. The third kappa shape index (κ3) is 7.58. The van der Waals surface area contributed by atoms with E-state index >= 15 is 0 Å². The summed E-state index contributed by atoms with van der Waals surface area (Å²) in [5.74, 6) is -3.10. The van der Waals surface area contributed by atoms with E-state index in [2.05, 4.69) is 30.6 Å². The molecule has 2 aromatic heterocycles. The van der Waals surface area contributed by atoms with Crippen LogP contribution in [0.4, 0.5) is 5.82 Å². The first kappa shape index (κ1) is 26.3. The van der Waals surface area contributed by atoms with Crippen LogP contribution in [0, 0.1) is 0 Å². The molecule has 2 atom stereocenters. The highest BCUT2D eigenvalue weighted by Gasteiger charge is 2.29. The summed E-state index contributed by atoms with van der Waals surface area (Å²) in [5.41, 5.74) is 2.27. The summed E-state index contributed by atoms with van der Waals surface area (Å²) >= 11 is 0. The largest absolute Gasteiger partial charge is 0.479 e. The number of rotatable bonds is 9. The molecule has 34 heavy (non-hydrogen) atoms. The SMILES string of the molecule is CN(C)CCCC(=O)Nc1n[nH]c2nnc(-c3ccccc3)cc12.O=C(O)[C@H](O)[C@@H](O)C(=O)O. The minimum atomic E-state index is -2.27. The summed E-state index contributed by atoms with van der Waals surface area (Å²) < 4.78 is 0. The van der Waals surface area contributed by atoms with E-state index in [1.54, 1.807) is 0 Å². The number of aromatic nitrogens is 4. The first-order chi connectivity index (χ1) is 16.1. The van der Waals surface area contributed by atoms with E-state index in [1.165, 1.54) is 0 Å². The molecule has 0 bridgehead atoms. The van der Waals surface area contributed by atoms with Gasteiger partial charge < -0.3 is 30.6 Å². The molecule has 0 aliphatic carbocycles. The maximum Gasteiger partial charge on any atom is 0.335 e. The van der Waals surface area contributed by atoms with Crippen LogP contribution in [0.2, 0.25) is 0 Å². The number of carbonyl (C=O) groups excluding carboxylic acids is 1. The maximum atomic E-state index is 12.1. The van der Waals surface area contributed by atoms with E-state index in [-0.39, 0.29) is 5.91 Å². The van der Waals surface area contributed by atoms with Gasteiger partial charge in [-0.2, -0.15) is 5.10 Å². The highest BCUT2D eigenvalue weighted by Crippen LogP contribution is 2.24. The highest BCUT2D eigenvalue weighted by atomic mass is 16.4. The molecule has 3 aromatic rings. The molecule has 0 radical (unpaired) electrons. The standard InChI is InChI=1S/C17H20N6O.C4H6O6/c1-23(2)10-6-9-15(24)18-16-13-11-14(12-7-4-3-5-8-12)19-21-17(13)22-20-16;5-1(3(7)8)2(6)4(9)10/h3-5,7-8,11H,6,9-10H2,1-2H3,(H2,18,20,21,22,24);1-2,5-6H,(H,7,8)(H,9,10)/t;1-,2-/m.1/s1. The quantitative estimate of drug-likeness (QED) is 0.247. The fourth-order valence-electron chi connectivity index (χ4n) is 2.69. The van der Waals surface area contributed by atoms with Crippen molar-refractivity contribution < 1.29 is 34.8 Å². The van der Waals surface area contributed by atoms with Crippen LogP contribution in [0.5, 0.6) is 0 Å². The van der Waals surface area contributed by atoms with Crippen molar-refractivity contribution in [2.45, 2.75) is 25.0 Å². The first-order valence-corrected chi connectivity index (χ1v) is 10.1. The molecule has 3 rings (SSSR count). The minimum Gasteiger partial charge on any atom is -0.479 e. The lowest BCUT2D eigenvalue weighted by Gasteiger charge is -2.08. The Labute approximate surface area is 194 Å². The molecule has 0 saturated heterocycles. The molecule has 0 spiro atoms. The van der Waals surface area contributed by atoms with Crippen molar-refractivity contribution in [3.63, 3.8) is 0 Å². The molecule has 2 heterocycles. The second-order valence-electron chi connectivity index (χ2n) is 7.45. The topological polar surface area (TPSA) is 202 Å². The van der Waals surface area contributed by atoms with Crippen LogP contribution in [-0.2, 0) is 14.4 Å². The second-order valence-corrected chi connectivity index (χ2v) is 7.45. The molecule has 0 aliphatic heterocycles. The molecule has 6 N–H and O–H groups in total. The number of hydrogen-bond acceptors (Lipinski definition) is 9. The minimum absolute atomic E-state index is 0.0525. The number of aliphatic carboxylic acids is 2. The molecule has 1 aromatic carbocycles. The normalized spacial score (nSPS) is 12.5. The third-order valence-corrected chi connectivity index (χ3v) is 4.46. The summed E-state index contributed by atoms with van der Waals surface area (Å²) in [5, 5.41) is 51.4. The number of carbonyl (C=O) groups is 3. The van der Waals surface area contributed by atoms with Crippen molar-refractivity contribution in [2.75, 3.05) is 26.0 Å². The summed E-state index contributed by atoms with van der Waals surface area (Å²) in [4.78, 5) is 33.7. The smallest absolute Gasteiger partial charge is 0.335 e. The van der Waals surface area contributed by atoms with Crippen molar-refractivity contribution in [3.05, 3.63) is 36.4 Å². The van der Waals surface area contributed by atoms with Gasteiger partial charge in [-0.3, -0.25) is 9.89 Å². The summed E-state index contributed by atoms with van der Waals surface area (Å²) in [7, 11) is 3.98. The number of fused-ring (bicyclic) bond motifs is 1. The van der Waals surface area contributed by atoms with Crippen LogP contribution >= 0.6 is 0 Å². The van der Waals surface area contributed by atoms with Gasteiger partial charge in [0, 0.05) is 12.0 Å². The van der Waals surface area contributed by atoms with E-state index in [4.69, 9.17) is 20.4 Å². The second kappa shape index (κ2) is 12.3. The van der Waals surface area contributed by atoms with E-state index in [9.17, 15) is 14.4 Å². The molecular weight excluding hydrogens is 448 g/mol. The summed E-state index contributed by atoms with van der Waals surface area (Å²) in [6.07, 6.45) is -3.28. The Bertz CT molecular complexity index is 1100. The Morgan fingerprint density at radius 3 is 2.21 bits per heavy atom. The maximum absolute atomic E-state index is 12.1. The molecule has 0 aliphatic rings. The fraction of sp³-hybridized carbons (Fsp3) is 0.333. The fourth-order valence-corrected chi connectivity index (χ4v) is 2.69. The van der Waals surface area contributed by atoms with Crippen LogP contribution in [-0.4, -0.2) is 96.4 Å². The zero-order valence-electron chi connectivity index (χ0n) is 18.5. The molecule has 1 amide bonds. The van der Waals surface area contributed by atoms with Crippen molar-refractivity contribution in [1.82, 2.24) is 25.3 Å². The zero-order chi connectivity index (χ0) is 25.3. The van der Waals surface area contributed by atoms with E-state index in [1.807, 2.05) is 50.5 Å². The van der Waals surface area contributed by atoms with Gasteiger partial charge in [0.05, 0.1) is 11.1 Å². The monoisotopic (exact) mass is 474 g/mol. The number of H-pyrrole nitrogens is 1. The predicted molar refractivity (Wildman–Crippen MR) is 121 cm³/mol. The van der Waals surface area contributed by atoms with Gasteiger partial charge in [0.25, 0.3) is 0 Å². The van der Waals surface area contributed by atoms with Gasteiger partial charge in [0.1, 0.15) is 0 Å². The lowest BCUT2D eigenvalue weighted by molar-refractivity contribution is -0.165. The van der Waals surface area contributed by atoms with Crippen molar-refractivity contribution in [1.29, 1.82) is 0 Å². The number of carboxylic acids is 2. The van der Waals surface area contributed by atoms with Crippen molar-refractivity contribution >= 4 is 34.7 Å². The third-order valence-electron chi connectivity index (χ3n) is 4.46. The van der Waals surface area contributed by atoms with E-state index in [0.29, 0.717) is 17.9 Å². The van der Waals surface area contributed by atoms with Crippen LogP contribution in [0.3, 0.4) is 0 Å². The van der Waals surface area contributed by atoms with Gasteiger partial charge >= 0.3 is 11.9 Å². The molecule has 13 nitrogen and oxygen atoms in total. The number of nitrogens with one attached hydrogen (secondary N) is 2. The van der Waals surface area contributed by atoms with Crippen LogP contribution in [0.1, 0.15) is 12.8 Å². The van der Waals surface area contributed by atoms with Crippen LogP contribution in [0.15, 0.2) is 36.4 Å². The van der Waals surface area contributed by atoms with Gasteiger partial charge in [-0.1, -0.05) is 30.3 Å². The molecule has 0 saturated carbocycles. The Balaban J connectivity index is 0.000000347. The number of aliphatic hydroxyl groups is 2. The molecule has 0 unspecified atom stereocenters. The number of amides is 1. The molecular formula is C21H26N6O7. The van der Waals surface area contributed by atoms with Gasteiger partial charge in [0.15, 0.2) is 23.7 Å². The van der Waals surface area contributed by atoms with Crippen LogP contribution in [0.25, 0.3) is 22.3 Å². The van der Waals surface area contributed by atoms with Gasteiger partial charge in [-0.15, -0.1) is 10.2 Å². The number of hydrogen-bond donors (Lipinski definition) is 6. The average Bonchev–Trinajstić information content (AvgIpc) is 3.20. The van der Waals surface area contributed by atoms with E-state index < -0.39 is 24.1 Å². The van der Waals surface area contributed by atoms with Gasteiger partial charge in [-0.05, 0) is 33.1 Å². The first-order valence-electron chi connectivity index (χ1n) is 10.1. The average molecular weight is 474 g/mol. The van der Waals surface area contributed by atoms with Crippen LogP contribution < -0.4 is 5.32 Å². The highest BCUT2D eigenvalue weighted by molar-refractivity contribution is 5.99. The van der Waals surface area contributed by atoms with Crippen molar-refractivity contribution in [2.24, 2.45) is 0 Å². The lowest BCUT2D eigenvalue weighted by atomic mass is 10.1. The number of aromatic amines is 1. The number of anilines is 1. The Hall–Kier alpha value is -3.94. The Morgan fingerprint density at radius 1 is 1.03 bits per heavy atom. The number of aliphatic hydroxyl groups excluding tert-OH is 2. The Kier molecular flexibility index (Phi) is 9.55. The van der Waals surface area contributed by atoms with E-state index in [0.717, 1.165) is 29.6 Å². The molecule has 13 heteroatoms. The number of nitrogens with zero attached hydrogens (tertiary/aromatic N) is 4. The molecule has 182 valence electrons. The zero-order valence-corrected chi connectivity index (χ0v) is 18.5.